The van der Waals surface area contributed by atoms with Crippen molar-refractivity contribution in [2.75, 3.05) is 11.5 Å². The smallest absolute Gasteiger partial charge is 0.330 e. The fourth-order valence-corrected chi connectivity index (χ4v) is 3.22. The van der Waals surface area contributed by atoms with Crippen LogP contribution in [0.2, 0.25) is 0 Å². The summed E-state index contributed by atoms with van der Waals surface area (Å²) in [4.78, 5) is 37.2. The van der Waals surface area contributed by atoms with E-state index in [1.807, 2.05) is 0 Å². The van der Waals surface area contributed by atoms with Gasteiger partial charge < -0.3 is 15.4 Å². The first-order valence-electron chi connectivity index (χ1n) is 5.78. The Morgan fingerprint density at radius 1 is 1.47 bits per heavy atom. The van der Waals surface area contributed by atoms with Crippen molar-refractivity contribution in [1.82, 2.24) is 10.3 Å². The lowest BCUT2D eigenvalue weighted by Crippen LogP contribution is -2.54. The van der Waals surface area contributed by atoms with Crippen molar-refractivity contribution in [3.63, 3.8) is 0 Å². The number of Topliss-reactive ketones (excluding diaryl/α,β-unsaturated/α-hetero) is 1. The number of thioether (sulfide) groups is 1. The van der Waals surface area contributed by atoms with E-state index in [9.17, 15) is 19.5 Å². The van der Waals surface area contributed by atoms with Crippen molar-refractivity contribution in [2.45, 2.75) is 18.9 Å². The van der Waals surface area contributed by atoms with E-state index in [1.165, 1.54) is 30.9 Å². The third-order valence-corrected chi connectivity index (χ3v) is 4.31. The third-order valence-electron chi connectivity index (χ3n) is 3.12. The maximum Gasteiger partial charge on any atom is 0.330 e. The molecule has 1 aliphatic heterocycles. The molecule has 1 fully saturated rings. The molecule has 1 atom stereocenters. The summed E-state index contributed by atoms with van der Waals surface area (Å²) in [5.41, 5.74) is -0.610. The first-order valence-corrected chi connectivity index (χ1v) is 6.93. The lowest BCUT2D eigenvalue weighted by atomic mass is 9.99. The molecule has 1 aromatic heterocycles. The molecule has 2 heterocycles. The van der Waals surface area contributed by atoms with Gasteiger partial charge in [0.2, 0.25) is 0 Å². The fraction of sp³-hybridized carbons (Fsp3) is 0.417. The monoisotopic (exact) mass is 282 g/mol. The predicted octanol–water partition coefficient (Wildman–Crippen LogP) is 0.907. The molecular weight excluding hydrogens is 268 g/mol. The third kappa shape index (κ3) is 2.65. The van der Waals surface area contributed by atoms with E-state index >= 15 is 0 Å². The van der Waals surface area contributed by atoms with Gasteiger partial charge in [-0.05, 0) is 25.2 Å². The molecule has 0 saturated carbocycles. The highest BCUT2D eigenvalue weighted by Crippen LogP contribution is 2.28. The van der Waals surface area contributed by atoms with E-state index in [0.717, 1.165) is 0 Å². The van der Waals surface area contributed by atoms with E-state index < -0.39 is 17.4 Å². The van der Waals surface area contributed by atoms with Gasteiger partial charge in [-0.25, -0.2) is 4.79 Å². The summed E-state index contributed by atoms with van der Waals surface area (Å²) in [6.45, 7) is 1.40. The molecule has 0 bridgehead atoms. The van der Waals surface area contributed by atoms with Gasteiger partial charge in [0, 0.05) is 17.5 Å². The van der Waals surface area contributed by atoms with E-state index in [2.05, 4.69) is 10.3 Å². The Labute approximate surface area is 114 Å². The molecule has 0 radical (unpaired) electrons. The normalized spacial score (nSPS) is 22.2. The Kier molecular flexibility index (Phi) is 3.66. The molecule has 1 saturated heterocycles. The van der Waals surface area contributed by atoms with E-state index in [0.29, 0.717) is 23.5 Å². The molecule has 102 valence electrons. The van der Waals surface area contributed by atoms with Gasteiger partial charge in [-0.2, -0.15) is 11.8 Å². The Balaban J connectivity index is 2.15. The van der Waals surface area contributed by atoms with Crippen LogP contribution in [-0.2, 0) is 4.79 Å². The summed E-state index contributed by atoms with van der Waals surface area (Å²) >= 11 is 1.50. The van der Waals surface area contributed by atoms with E-state index in [4.69, 9.17) is 0 Å². The summed E-state index contributed by atoms with van der Waals surface area (Å²) in [5.74, 6) is -0.620. The molecule has 1 aromatic rings. The van der Waals surface area contributed by atoms with Crippen LogP contribution in [-0.4, -0.2) is 44.8 Å². The molecule has 2 rings (SSSR count). The number of H-pyrrole nitrogens is 1. The molecule has 7 heteroatoms. The van der Waals surface area contributed by atoms with Gasteiger partial charge in [0.05, 0.1) is 0 Å². The second-order valence-corrected chi connectivity index (χ2v) is 5.61. The number of carbonyl (C=O) groups excluding carboxylic acids is 2. The van der Waals surface area contributed by atoms with Gasteiger partial charge in [0.25, 0.3) is 5.91 Å². The number of rotatable bonds is 4. The van der Waals surface area contributed by atoms with Crippen LogP contribution in [0.15, 0.2) is 12.3 Å². The Morgan fingerprint density at radius 2 is 2.21 bits per heavy atom. The Hall–Kier alpha value is -1.76. The Bertz CT molecular complexity index is 532. The van der Waals surface area contributed by atoms with Crippen molar-refractivity contribution in [1.29, 1.82) is 0 Å². The number of carbonyl (C=O) groups is 3. The van der Waals surface area contributed by atoms with Crippen LogP contribution >= 0.6 is 11.8 Å². The molecule has 6 nitrogen and oxygen atoms in total. The standard InChI is InChI=1S/C12H14N2O4S/c1-7(15)8-4-9(13-5-8)10(16)14-12(11(17)18)2-3-19-6-12/h4-5,13H,2-3,6H2,1H3,(H,14,16)(H,17,18). The second-order valence-electron chi connectivity index (χ2n) is 4.50. The highest BCUT2D eigenvalue weighted by Gasteiger charge is 2.43. The van der Waals surface area contributed by atoms with Gasteiger partial charge in [-0.1, -0.05) is 0 Å². The zero-order valence-corrected chi connectivity index (χ0v) is 11.2. The topological polar surface area (TPSA) is 99.3 Å². The number of ketones is 1. The number of hydrogen-bond donors (Lipinski definition) is 3. The van der Waals surface area contributed by atoms with E-state index in [-0.39, 0.29) is 11.5 Å². The molecule has 0 spiro atoms. The molecule has 3 N–H and O–H groups in total. The average molecular weight is 282 g/mol. The number of carboxylic acid groups (broad SMARTS) is 1. The minimum Gasteiger partial charge on any atom is -0.479 e. The number of aromatic nitrogens is 1. The number of aliphatic carboxylic acids is 1. The van der Waals surface area contributed by atoms with Gasteiger partial charge in [0.15, 0.2) is 5.78 Å². The minimum atomic E-state index is -1.21. The second kappa shape index (κ2) is 5.08. The SMILES string of the molecule is CC(=O)c1c[nH]c(C(=O)NC2(C(=O)O)CCSC2)c1. The van der Waals surface area contributed by atoms with Crippen molar-refractivity contribution in [3.05, 3.63) is 23.5 Å². The van der Waals surface area contributed by atoms with Crippen LogP contribution in [0, 0.1) is 0 Å². The van der Waals surface area contributed by atoms with Crippen molar-refractivity contribution < 1.29 is 19.5 Å². The Morgan fingerprint density at radius 3 is 2.68 bits per heavy atom. The number of carboxylic acids is 1. The molecule has 1 unspecified atom stereocenters. The molecule has 19 heavy (non-hydrogen) atoms. The number of nitrogens with one attached hydrogen (secondary N) is 2. The number of aromatic amines is 1. The van der Waals surface area contributed by atoms with Gasteiger partial charge in [0.1, 0.15) is 11.2 Å². The van der Waals surface area contributed by atoms with Crippen LogP contribution in [0.25, 0.3) is 0 Å². The van der Waals surface area contributed by atoms with Crippen LogP contribution < -0.4 is 5.32 Å². The number of amides is 1. The quantitative estimate of drug-likeness (QED) is 0.713. The summed E-state index contributed by atoms with van der Waals surface area (Å²) in [7, 11) is 0. The van der Waals surface area contributed by atoms with Crippen LogP contribution in [0.3, 0.4) is 0 Å². The van der Waals surface area contributed by atoms with Crippen LogP contribution in [0.1, 0.15) is 34.2 Å². The maximum atomic E-state index is 12.0. The van der Waals surface area contributed by atoms with Gasteiger partial charge >= 0.3 is 5.97 Å². The highest BCUT2D eigenvalue weighted by atomic mass is 32.2. The van der Waals surface area contributed by atoms with Gasteiger partial charge in [-0.3, -0.25) is 9.59 Å². The van der Waals surface area contributed by atoms with Gasteiger partial charge in [-0.15, -0.1) is 0 Å². The summed E-state index contributed by atoms with van der Waals surface area (Å²) < 4.78 is 0. The largest absolute Gasteiger partial charge is 0.479 e. The van der Waals surface area contributed by atoms with Crippen molar-refractivity contribution >= 4 is 29.4 Å². The predicted molar refractivity (Wildman–Crippen MR) is 70.6 cm³/mol. The average Bonchev–Trinajstić information content (AvgIpc) is 2.97. The van der Waals surface area contributed by atoms with E-state index in [1.54, 1.807) is 0 Å². The van der Waals surface area contributed by atoms with Crippen LogP contribution in [0.5, 0.6) is 0 Å². The fourth-order valence-electron chi connectivity index (χ4n) is 1.90. The summed E-state index contributed by atoms with van der Waals surface area (Å²) in [6, 6.07) is 1.43. The molecule has 1 amide bonds. The lowest BCUT2D eigenvalue weighted by molar-refractivity contribution is -0.143. The zero-order chi connectivity index (χ0) is 14.0. The first-order chi connectivity index (χ1) is 8.94. The van der Waals surface area contributed by atoms with Crippen molar-refractivity contribution in [2.24, 2.45) is 0 Å². The summed E-state index contributed by atoms with van der Waals surface area (Å²) in [6.07, 6.45) is 1.84. The molecule has 0 aromatic carbocycles. The highest BCUT2D eigenvalue weighted by molar-refractivity contribution is 7.99. The van der Waals surface area contributed by atoms with Crippen LogP contribution in [0.4, 0.5) is 0 Å². The first kappa shape index (κ1) is 13.7. The molecular formula is C12H14N2O4S. The van der Waals surface area contributed by atoms with Crippen molar-refractivity contribution in [3.8, 4) is 0 Å². The minimum absolute atomic E-state index is 0.153. The lowest BCUT2D eigenvalue weighted by Gasteiger charge is -2.24. The summed E-state index contributed by atoms with van der Waals surface area (Å²) in [5, 5.41) is 11.8. The molecule has 1 aliphatic rings. The maximum absolute atomic E-state index is 12.0. The number of hydrogen-bond acceptors (Lipinski definition) is 4. The zero-order valence-electron chi connectivity index (χ0n) is 10.4. The molecule has 0 aliphatic carbocycles.